The van der Waals surface area contributed by atoms with Crippen LogP contribution in [0, 0.1) is 5.82 Å². The highest BCUT2D eigenvalue weighted by Gasteiger charge is 2.27. The van der Waals surface area contributed by atoms with Gasteiger partial charge in [0, 0.05) is 17.1 Å². The minimum Gasteiger partial charge on any atom is -0.348 e. The molecule has 3 aromatic rings. The van der Waals surface area contributed by atoms with Crippen molar-refractivity contribution in [3.8, 4) is 11.4 Å². The van der Waals surface area contributed by atoms with Crippen LogP contribution in [0.25, 0.3) is 11.4 Å². The molecule has 2 unspecified atom stereocenters. The molecule has 1 fully saturated rings. The van der Waals surface area contributed by atoms with Crippen LogP contribution in [0.15, 0.2) is 53.1 Å². The topological polar surface area (TPSA) is 71.3 Å². The molecule has 1 aromatic heterocycles. The number of benzene rings is 2. The van der Waals surface area contributed by atoms with Crippen LogP contribution in [0.3, 0.4) is 0 Å². The molecular formula is C23H24ClFN4O2. The van der Waals surface area contributed by atoms with Gasteiger partial charge in [-0.1, -0.05) is 35.0 Å². The Morgan fingerprint density at radius 3 is 2.84 bits per heavy atom. The Morgan fingerprint density at radius 2 is 2.06 bits per heavy atom. The van der Waals surface area contributed by atoms with Crippen molar-refractivity contribution in [1.29, 1.82) is 0 Å². The van der Waals surface area contributed by atoms with Gasteiger partial charge in [-0.2, -0.15) is 4.98 Å². The van der Waals surface area contributed by atoms with Crippen LogP contribution >= 0.6 is 11.6 Å². The fourth-order valence-electron chi connectivity index (χ4n) is 3.91. The quantitative estimate of drug-likeness (QED) is 0.604. The molecule has 0 saturated carbocycles. The minimum absolute atomic E-state index is 0.0504. The van der Waals surface area contributed by atoms with Gasteiger partial charge in [0.1, 0.15) is 5.82 Å². The zero-order valence-electron chi connectivity index (χ0n) is 17.2. The molecule has 2 atom stereocenters. The second kappa shape index (κ2) is 9.58. The molecule has 0 radical (unpaired) electrons. The summed E-state index contributed by atoms with van der Waals surface area (Å²) in [7, 11) is 0. The summed E-state index contributed by atoms with van der Waals surface area (Å²) in [6, 6.07) is 13.3. The number of hydrogen-bond donors (Lipinski definition) is 1. The van der Waals surface area contributed by atoms with Gasteiger partial charge in [0.2, 0.25) is 17.6 Å². The van der Waals surface area contributed by atoms with Crippen LogP contribution in [-0.4, -0.2) is 40.6 Å². The maximum atomic E-state index is 13.1. The molecular weight excluding hydrogens is 419 g/mol. The van der Waals surface area contributed by atoms with Crippen LogP contribution < -0.4 is 5.32 Å². The first kappa shape index (κ1) is 21.5. The van der Waals surface area contributed by atoms with Crippen LogP contribution in [0.2, 0.25) is 5.02 Å². The highest BCUT2D eigenvalue weighted by molar-refractivity contribution is 6.31. The highest BCUT2D eigenvalue weighted by atomic mass is 35.5. The molecule has 1 N–H and O–H groups in total. The maximum absolute atomic E-state index is 13.1. The lowest BCUT2D eigenvalue weighted by Crippen LogP contribution is -2.42. The van der Waals surface area contributed by atoms with Gasteiger partial charge in [0.05, 0.1) is 18.5 Å². The van der Waals surface area contributed by atoms with E-state index in [4.69, 9.17) is 16.1 Å². The summed E-state index contributed by atoms with van der Waals surface area (Å²) in [4.78, 5) is 19.2. The fourth-order valence-corrected chi connectivity index (χ4v) is 4.21. The van der Waals surface area contributed by atoms with Crippen LogP contribution in [0.1, 0.15) is 43.2 Å². The molecule has 0 spiro atoms. The van der Waals surface area contributed by atoms with E-state index in [1.54, 1.807) is 12.1 Å². The first-order chi connectivity index (χ1) is 15.0. The van der Waals surface area contributed by atoms with Crippen LogP contribution in [0.5, 0.6) is 0 Å². The fraction of sp³-hybridized carbons (Fsp3) is 0.348. The first-order valence-electron chi connectivity index (χ1n) is 10.4. The molecule has 1 amide bonds. The lowest BCUT2D eigenvalue weighted by Gasteiger charge is -2.30. The van der Waals surface area contributed by atoms with Crippen molar-refractivity contribution in [3.63, 3.8) is 0 Å². The van der Waals surface area contributed by atoms with Crippen LogP contribution in [-0.2, 0) is 4.79 Å². The number of piperidine rings is 1. The SMILES string of the molecule is CC(NC(=O)CN1CCCC(c2nc(-c3ccc(F)cc3)no2)C1)c1ccccc1Cl. The number of nitrogens with one attached hydrogen (secondary N) is 1. The minimum atomic E-state index is -0.308. The summed E-state index contributed by atoms with van der Waals surface area (Å²) in [6.07, 6.45) is 1.85. The van der Waals surface area contributed by atoms with Crippen molar-refractivity contribution in [2.45, 2.75) is 31.7 Å². The number of rotatable bonds is 6. The van der Waals surface area contributed by atoms with Gasteiger partial charge >= 0.3 is 0 Å². The number of amides is 1. The van der Waals surface area contributed by atoms with Gasteiger partial charge in [0.15, 0.2) is 0 Å². The number of aromatic nitrogens is 2. The third-order valence-corrected chi connectivity index (χ3v) is 5.86. The Morgan fingerprint density at radius 1 is 1.29 bits per heavy atom. The van der Waals surface area contributed by atoms with Crippen molar-refractivity contribution in [1.82, 2.24) is 20.4 Å². The van der Waals surface area contributed by atoms with Crippen molar-refractivity contribution < 1.29 is 13.7 Å². The normalized spacial score (nSPS) is 18.0. The third kappa shape index (κ3) is 5.29. The highest BCUT2D eigenvalue weighted by Crippen LogP contribution is 2.28. The van der Waals surface area contributed by atoms with E-state index in [-0.39, 0.29) is 23.7 Å². The van der Waals surface area contributed by atoms with E-state index >= 15 is 0 Å². The molecule has 31 heavy (non-hydrogen) atoms. The maximum Gasteiger partial charge on any atom is 0.234 e. The monoisotopic (exact) mass is 442 g/mol. The summed E-state index contributed by atoms with van der Waals surface area (Å²) in [6.45, 7) is 3.72. The summed E-state index contributed by atoms with van der Waals surface area (Å²) in [5, 5.41) is 7.70. The first-order valence-corrected chi connectivity index (χ1v) is 10.7. The van der Waals surface area contributed by atoms with Gasteiger partial charge in [-0.15, -0.1) is 0 Å². The average Bonchev–Trinajstić information content (AvgIpc) is 3.25. The summed E-state index contributed by atoms with van der Waals surface area (Å²) in [5.41, 5.74) is 1.60. The molecule has 0 aliphatic carbocycles. The van der Waals surface area contributed by atoms with Crippen molar-refractivity contribution in [3.05, 3.63) is 70.8 Å². The molecule has 8 heteroatoms. The van der Waals surface area contributed by atoms with Gasteiger partial charge in [0.25, 0.3) is 0 Å². The molecule has 2 heterocycles. The predicted molar refractivity (Wildman–Crippen MR) is 116 cm³/mol. The van der Waals surface area contributed by atoms with Gasteiger partial charge in [-0.3, -0.25) is 9.69 Å². The number of hydrogen-bond acceptors (Lipinski definition) is 5. The Kier molecular flexibility index (Phi) is 6.63. The van der Waals surface area contributed by atoms with Gasteiger partial charge in [-0.25, -0.2) is 4.39 Å². The van der Waals surface area contributed by atoms with Crippen molar-refractivity contribution >= 4 is 17.5 Å². The van der Waals surface area contributed by atoms with Gasteiger partial charge in [-0.05, 0) is 62.2 Å². The number of carbonyl (C=O) groups is 1. The van der Waals surface area contributed by atoms with E-state index in [1.165, 1.54) is 12.1 Å². The molecule has 162 valence electrons. The zero-order valence-corrected chi connectivity index (χ0v) is 18.0. The summed E-state index contributed by atoms with van der Waals surface area (Å²) in [5.74, 6) is 0.694. The summed E-state index contributed by atoms with van der Waals surface area (Å²) >= 11 is 6.23. The average molecular weight is 443 g/mol. The van der Waals surface area contributed by atoms with E-state index in [0.717, 1.165) is 24.9 Å². The van der Waals surface area contributed by atoms with E-state index in [2.05, 4.69) is 20.4 Å². The number of carbonyl (C=O) groups excluding carboxylic acids is 1. The van der Waals surface area contributed by atoms with E-state index in [0.29, 0.717) is 35.4 Å². The second-order valence-corrected chi connectivity index (χ2v) is 8.26. The second-order valence-electron chi connectivity index (χ2n) is 7.85. The molecule has 1 aliphatic heterocycles. The standard InChI is InChI=1S/C23H24ClFN4O2/c1-15(19-6-2-3-7-20(19)24)26-21(30)14-29-12-4-5-17(13-29)23-27-22(28-31-23)16-8-10-18(25)11-9-16/h2-3,6-11,15,17H,4-5,12-14H2,1H3,(H,26,30). The van der Waals surface area contributed by atoms with E-state index in [1.807, 2.05) is 31.2 Å². The number of halogens is 2. The lowest BCUT2D eigenvalue weighted by molar-refractivity contribution is -0.123. The Bertz CT molecular complexity index is 1040. The van der Waals surface area contributed by atoms with Gasteiger partial charge < -0.3 is 9.84 Å². The zero-order chi connectivity index (χ0) is 21.8. The van der Waals surface area contributed by atoms with Crippen molar-refractivity contribution in [2.24, 2.45) is 0 Å². The smallest absolute Gasteiger partial charge is 0.234 e. The predicted octanol–water partition coefficient (Wildman–Crippen LogP) is 4.59. The van der Waals surface area contributed by atoms with Crippen molar-refractivity contribution in [2.75, 3.05) is 19.6 Å². The largest absolute Gasteiger partial charge is 0.348 e. The van der Waals surface area contributed by atoms with E-state index in [9.17, 15) is 9.18 Å². The molecule has 1 saturated heterocycles. The molecule has 4 rings (SSSR count). The Hall–Kier alpha value is -2.77. The van der Waals surface area contributed by atoms with Crippen LogP contribution in [0.4, 0.5) is 4.39 Å². The third-order valence-electron chi connectivity index (χ3n) is 5.52. The molecule has 2 aromatic carbocycles. The summed E-state index contributed by atoms with van der Waals surface area (Å²) < 4.78 is 18.6. The Labute approximate surface area is 185 Å². The molecule has 6 nitrogen and oxygen atoms in total. The molecule has 0 bridgehead atoms. The molecule has 1 aliphatic rings. The van der Waals surface area contributed by atoms with E-state index < -0.39 is 0 Å². The lowest BCUT2D eigenvalue weighted by atomic mass is 9.98. The number of likely N-dealkylation sites (tertiary alicyclic amines) is 1. The number of nitrogens with zero attached hydrogens (tertiary/aromatic N) is 3. The Balaban J connectivity index is 1.35.